The van der Waals surface area contributed by atoms with Gasteiger partial charge in [0.05, 0.1) is 0 Å². The summed E-state index contributed by atoms with van der Waals surface area (Å²) in [5.41, 5.74) is 2.69. The van der Waals surface area contributed by atoms with Gasteiger partial charge in [-0.05, 0) is 44.0 Å². The number of nitrogens with one attached hydrogen (secondary N) is 2. The average molecular weight is 365 g/mol. The summed E-state index contributed by atoms with van der Waals surface area (Å²) in [5.74, 6) is -0.864. The zero-order valence-corrected chi connectivity index (χ0v) is 15.1. The number of hydrogen-bond acceptors (Lipinski definition) is 5. The van der Waals surface area contributed by atoms with Crippen LogP contribution in [0.4, 0.5) is 10.5 Å². The molecule has 0 saturated carbocycles. The minimum Gasteiger partial charge on any atom is -0.481 e. The zero-order chi connectivity index (χ0) is 17.5. The van der Waals surface area contributed by atoms with Crippen LogP contribution in [0.5, 0.6) is 0 Å². The largest absolute Gasteiger partial charge is 0.481 e. The Morgan fingerprint density at radius 3 is 2.75 bits per heavy atom. The van der Waals surface area contributed by atoms with Gasteiger partial charge in [0.15, 0.2) is 4.34 Å². The van der Waals surface area contributed by atoms with Gasteiger partial charge in [0.25, 0.3) is 0 Å². The molecular formula is C16H19N3O3S2. The smallest absolute Gasteiger partial charge is 0.319 e. The van der Waals surface area contributed by atoms with Gasteiger partial charge in [-0.25, -0.2) is 9.78 Å². The van der Waals surface area contributed by atoms with Crippen LogP contribution in [0.2, 0.25) is 0 Å². The van der Waals surface area contributed by atoms with Gasteiger partial charge in [-0.3, -0.25) is 4.79 Å². The van der Waals surface area contributed by atoms with Crippen molar-refractivity contribution in [3.05, 3.63) is 34.8 Å². The first-order valence-electron chi connectivity index (χ1n) is 7.41. The fraction of sp³-hybridized carbons (Fsp3) is 0.312. The number of carboxylic acid groups (broad SMARTS) is 1. The molecular weight excluding hydrogens is 346 g/mol. The van der Waals surface area contributed by atoms with Crippen molar-refractivity contribution >= 4 is 40.8 Å². The van der Waals surface area contributed by atoms with Crippen molar-refractivity contribution in [3.63, 3.8) is 0 Å². The summed E-state index contributed by atoms with van der Waals surface area (Å²) in [5, 5.41) is 16.0. The van der Waals surface area contributed by atoms with Crippen molar-refractivity contribution < 1.29 is 14.7 Å². The molecule has 2 rings (SSSR count). The monoisotopic (exact) mass is 365 g/mol. The summed E-state index contributed by atoms with van der Waals surface area (Å²) in [6.07, 6.45) is 0.450. The van der Waals surface area contributed by atoms with E-state index in [4.69, 9.17) is 5.11 Å². The normalized spacial score (nSPS) is 10.4. The van der Waals surface area contributed by atoms with E-state index in [0.29, 0.717) is 13.0 Å². The lowest BCUT2D eigenvalue weighted by Crippen LogP contribution is -2.30. The minimum atomic E-state index is -0.864. The van der Waals surface area contributed by atoms with Gasteiger partial charge in [-0.15, -0.1) is 11.3 Å². The molecule has 6 nitrogen and oxygen atoms in total. The number of rotatable bonds is 7. The maximum atomic E-state index is 11.8. The summed E-state index contributed by atoms with van der Waals surface area (Å²) >= 11 is 3.20. The molecule has 2 aromatic rings. The van der Waals surface area contributed by atoms with Gasteiger partial charge < -0.3 is 15.7 Å². The molecule has 1 heterocycles. The Kier molecular flexibility index (Phi) is 6.62. The van der Waals surface area contributed by atoms with Crippen molar-refractivity contribution in [3.8, 4) is 0 Å². The number of carbonyl (C=O) groups is 2. The second-order valence-corrected chi connectivity index (χ2v) is 7.39. The first-order valence-corrected chi connectivity index (χ1v) is 9.11. The lowest BCUT2D eigenvalue weighted by Gasteiger charge is -2.10. The highest BCUT2D eigenvalue weighted by atomic mass is 32.2. The van der Waals surface area contributed by atoms with Crippen LogP contribution in [0, 0.1) is 13.8 Å². The Balaban J connectivity index is 1.87. The Bertz CT molecular complexity index is 731. The SMILES string of the molecule is Cc1csc(Sc2ccc(NC(=O)NCCCC(=O)O)c(C)c2)n1. The number of urea groups is 1. The van der Waals surface area contributed by atoms with Gasteiger partial charge in [-0.2, -0.15) is 0 Å². The molecule has 2 amide bonds. The first-order chi connectivity index (χ1) is 11.4. The quantitative estimate of drug-likeness (QED) is 0.647. The highest BCUT2D eigenvalue weighted by molar-refractivity contribution is 8.01. The number of benzene rings is 1. The second-order valence-electron chi connectivity index (χ2n) is 5.21. The number of aromatic nitrogens is 1. The second kappa shape index (κ2) is 8.70. The van der Waals surface area contributed by atoms with Crippen LogP contribution in [0.25, 0.3) is 0 Å². The van der Waals surface area contributed by atoms with E-state index in [-0.39, 0.29) is 12.5 Å². The van der Waals surface area contributed by atoms with E-state index in [1.807, 2.05) is 37.4 Å². The molecule has 8 heteroatoms. The summed E-state index contributed by atoms with van der Waals surface area (Å²) in [7, 11) is 0. The number of anilines is 1. The highest BCUT2D eigenvalue weighted by Gasteiger charge is 2.07. The summed E-state index contributed by atoms with van der Waals surface area (Å²) in [4.78, 5) is 27.7. The molecule has 24 heavy (non-hydrogen) atoms. The predicted molar refractivity (Wildman–Crippen MR) is 96.0 cm³/mol. The van der Waals surface area contributed by atoms with Crippen LogP contribution in [-0.4, -0.2) is 28.6 Å². The van der Waals surface area contributed by atoms with E-state index < -0.39 is 5.97 Å². The molecule has 0 aliphatic carbocycles. The predicted octanol–water partition coefficient (Wildman–Crippen LogP) is 3.90. The van der Waals surface area contributed by atoms with Crippen molar-refractivity contribution in [2.45, 2.75) is 35.9 Å². The van der Waals surface area contributed by atoms with E-state index in [9.17, 15) is 9.59 Å². The number of amides is 2. The van der Waals surface area contributed by atoms with Gasteiger partial charge in [0, 0.05) is 34.6 Å². The van der Waals surface area contributed by atoms with Crippen LogP contribution in [0.1, 0.15) is 24.1 Å². The lowest BCUT2D eigenvalue weighted by atomic mass is 10.2. The standard InChI is InChI=1S/C16H19N3O3S2/c1-10-8-12(24-16-18-11(2)9-23-16)5-6-13(10)19-15(22)17-7-3-4-14(20)21/h5-6,8-9H,3-4,7H2,1-2H3,(H,20,21)(H2,17,19,22). The lowest BCUT2D eigenvalue weighted by molar-refractivity contribution is -0.137. The first kappa shape index (κ1) is 18.3. The van der Waals surface area contributed by atoms with Crippen molar-refractivity contribution in [2.75, 3.05) is 11.9 Å². The number of aliphatic carboxylic acids is 1. The molecule has 0 unspecified atom stereocenters. The molecule has 0 radical (unpaired) electrons. The number of carboxylic acids is 1. The molecule has 0 saturated heterocycles. The maximum Gasteiger partial charge on any atom is 0.319 e. The summed E-state index contributed by atoms with van der Waals surface area (Å²) in [6.45, 7) is 4.22. The van der Waals surface area contributed by atoms with Crippen LogP contribution < -0.4 is 10.6 Å². The number of aryl methyl sites for hydroxylation is 2. The van der Waals surface area contributed by atoms with E-state index in [1.54, 1.807) is 23.1 Å². The molecule has 1 aromatic heterocycles. The van der Waals surface area contributed by atoms with Gasteiger partial charge in [0.1, 0.15) is 0 Å². The average Bonchev–Trinajstić information content (AvgIpc) is 2.91. The topological polar surface area (TPSA) is 91.3 Å². The zero-order valence-electron chi connectivity index (χ0n) is 13.5. The maximum absolute atomic E-state index is 11.8. The van der Waals surface area contributed by atoms with Gasteiger partial charge >= 0.3 is 12.0 Å². The molecule has 0 aliphatic heterocycles. The molecule has 0 atom stereocenters. The highest BCUT2D eigenvalue weighted by Crippen LogP contribution is 2.32. The minimum absolute atomic E-state index is 0.0431. The number of carbonyl (C=O) groups excluding carboxylic acids is 1. The summed E-state index contributed by atoms with van der Waals surface area (Å²) < 4.78 is 0.990. The Morgan fingerprint density at radius 1 is 1.33 bits per heavy atom. The van der Waals surface area contributed by atoms with Gasteiger partial charge in [0.2, 0.25) is 0 Å². The molecule has 3 N–H and O–H groups in total. The summed E-state index contributed by atoms with van der Waals surface area (Å²) in [6, 6.07) is 5.46. The van der Waals surface area contributed by atoms with Crippen molar-refractivity contribution in [2.24, 2.45) is 0 Å². The fourth-order valence-corrected chi connectivity index (χ4v) is 3.84. The Hall–Kier alpha value is -2.06. The third kappa shape index (κ3) is 5.86. The van der Waals surface area contributed by atoms with Crippen LogP contribution in [0.15, 0.2) is 32.8 Å². The van der Waals surface area contributed by atoms with Gasteiger partial charge in [-0.1, -0.05) is 11.8 Å². The van der Waals surface area contributed by atoms with E-state index in [0.717, 1.165) is 26.2 Å². The Labute approximate surface area is 148 Å². The molecule has 0 fully saturated rings. The third-order valence-corrected chi connectivity index (χ3v) is 5.15. The van der Waals surface area contributed by atoms with E-state index >= 15 is 0 Å². The number of thiazole rings is 1. The van der Waals surface area contributed by atoms with Crippen molar-refractivity contribution in [1.82, 2.24) is 10.3 Å². The van der Waals surface area contributed by atoms with Crippen molar-refractivity contribution in [1.29, 1.82) is 0 Å². The van der Waals surface area contributed by atoms with E-state index in [2.05, 4.69) is 15.6 Å². The molecule has 128 valence electrons. The van der Waals surface area contributed by atoms with Crippen LogP contribution in [-0.2, 0) is 4.79 Å². The Morgan fingerprint density at radius 2 is 2.12 bits per heavy atom. The van der Waals surface area contributed by atoms with Crippen LogP contribution >= 0.6 is 23.1 Å². The number of nitrogens with zero attached hydrogens (tertiary/aromatic N) is 1. The molecule has 0 spiro atoms. The van der Waals surface area contributed by atoms with Crippen LogP contribution in [0.3, 0.4) is 0 Å². The molecule has 0 aliphatic rings. The molecule has 1 aromatic carbocycles. The third-order valence-electron chi connectivity index (χ3n) is 3.10. The molecule has 0 bridgehead atoms. The number of hydrogen-bond donors (Lipinski definition) is 3. The van der Waals surface area contributed by atoms with E-state index in [1.165, 1.54) is 0 Å². The fourth-order valence-electron chi connectivity index (χ4n) is 1.93.